The number of Topliss-reactive ketones (excluding diaryl/α,β-unsaturated/α-hetero) is 1. The summed E-state index contributed by atoms with van der Waals surface area (Å²) >= 11 is 0. The molecule has 0 spiro atoms. The van der Waals surface area contributed by atoms with Crippen molar-refractivity contribution in [3.05, 3.63) is 0 Å². The van der Waals surface area contributed by atoms with Crippen LogP contribution in [0.3, 0.4) is 0 Å². The van der Waals surface area contributed by atoms with Gasteiger partial charge < -0.3 is 15.4 Å². The van der Waals surface area contributed by atoms with E-state index in [1.807, 2.05) is 34.6 Å². The van der Waals surface area contributed by atoms with E-state index in [2.05, 4.69) is 22.3 Å². The SMILES string of the molecule is CC.CC.CCCCC(=O)CC.CNC(=O)CCOC.O=CNC1CCCCC1. The number of rotatable bonds is 9. The van der Waals surface area contributed by atoms with Gasteiger partial charge in [0.05, 0.1) is 6.61 Å². The maximum Gasteiger partial charge on any atom is 0.222 e. The molecular weight excluding hydrogens is 368 g/mol. The van der Waals surface area contributed by atoms with Gasteiger partial charge in [0.1, 0.15) is 5.78 Å². The summed E-state index contributed by atoms with van der Waals surface area (Å²) in [5.74, 6) is 0.415. The van der Waals surface area contributed by atoms with Crippen LogP contribution >= 0.6 is 0 Å². The second-order valence-electron chi connectivity index (χ2n) is 6.03. The number of methoxy groups -OCH3 is 1. The second-order valence-corrected chi connectivity index (χ2v) is 6.03. The van der Waals surface area contributed by atoms with E-state index in [0.29, 0.717) is 31.3 Å². The number of unbranched alkanes of at least 4 members (excludes halogenated alkanes) is 1. The maximum atomic E-state index is 10.6. The number of hydrogen-bond acceptors (Lipinski definition) is 4. The Labute approximate surface area is 180 Å². The van der Waals surface area contributed by atoms with Gasteiger partial charge in [-0.05, 0) is 19.3 Å². The Bertz CT molecular complexity index is 311. The number of amides is 2. The van der Waals surface area contributed by atoms with Crippen LogP contribution < -0.4 is 10.6 Å². The topological polar surface area (TPSA) is 84.5 Å². The number of hydrogen-bond donors (Lipinski definition) is 2. The Kier molecular flexibility index (Phi) is 41.2. The molecule has 1 fully saturated rings. The molecule has 6 heteroatoms. The monoisotopic (exact) mass is 418 g/mol. The summed E-state index contributed by atoms with van der Waals surface area (Å²) in [7, 11) is 3.18. The first-order valence-electron chi connectivity index (χ1n) is 11.5. The van der Waals surface area contributed by atoms with Crippen molar-refractivity contribution in [3.63, 3.8) is 0 Å². The van der Waals surface area contributed by atoms with E-state index >= 15 is 0 Å². The Balaban J connectivity index is -0.000000149. The molecule has 0 radical (unpaired) electrons. The minimum atomic E-state index is 0.0202. The zero-order valence-electron chi connectivity index (χ0n) is 20.6. The van der Waals surface area contributed by atoms with Crippen LogP contribution in [0.15, 0.2) is 0 Å². The molecule has 1 saturated carbocycles. The van der Waals surface area contributed by atoms with Gasteiger partial charge in [0.15, 0.2) is 0 Å². The van der Waals surface area contributed by atoms with Crippen LogP contribution in [-0.4, -0.2) is 44.9 Å². The third-order valence-corrected chi connectivity index (χ3v) is 3.92. The molecule has 0 bridgehead atoms. The third-order valence-electron chi connectivity index (χ3n) is 3.92. The molecule has 0 aromatic heterocycles. The molecule has 0 aromatic rings. The molecule has 2 amide bonds. The first-order valence-corrected chi connectivity index (χ1v) is 11.5. The molecule has 2 N–H and O–H groups in total. The van der Waals surface area contributed by atoms with Gasteiger partial charge in [-0.1, -0.05) is 67.2 Å². The summed E-state index contributed by atoms with van der Waals surface area (Å²) in [4.78, 5) is 30.9. The minimum Gasteiger partial charge on any atom is -0.384 e. The van der Waals surface area contributed by atoms with Gasteiger partial charge in [0, 0.05) is 39.5 Å². The fourth-order valence-electron chi connectivity index (χ4n) is 2.24. The van der Waals surface area contributed by atoms with Crippen molar-refractivity contribution in [1.82, 2.24) is 10.6 Å². The zero-order chi connectivity index (χ0) is 23.3. The highest BCUT2D eigenvalue weighted by Crippen LogP contribution is 2.16. The average Bonchev–Trinajstić information content (AvgIpc) is 2.80. The predicted octanol–water partition coefficient (Wildman–Crippen LogP) is 5.04. The molecule has 1 aliphatic carbocycles. The molecular formula is C23H50N2O4. The Morgan fingerprint density at radius 2 is 1.55 bits per heavy atom. The highest BCUT2D eigenvalue weighted by atomic mass is 16.5. The lowest BCUT2D eigenvalue weighted by Gasteiger charge is -2.19. The summed E-state index contributed by atoms with van der Waals surface area (Å²) in [6, 6.07) is 0.483. The van der Waals surface area contributed by atoms with E-state index in [0.717, 1.165) is 25.7 Å². The Morgan fingerprint density at radius 1 is 1.00 bits per heavy atom. The van der Waals surface area contributed by atoms with E-state index in [9.17, 15) is 14.4 Å². The van der Waals surface area contributed by atoms with E-state index in [-0.39, 0.29) is 5.91 Å². The van der Waals surface area contributed by atoms with Gasteiger partial charge in [-0.2, -0.15) is 0 Å². The van der Waals surface area contributed by atoms with Crippen molar-refractivity contribution >= 4 is 18.1 Å². The number of ketones is 1. The van der Waals surface area contributed by atoms with Crippen LogP contribution in [-0.2, 0) is 19.1 Å². The van der Waals surface area contributed by atoms with E-state index in [4.69, 9.17) is 0 Å². The maximum absolute atomic E-state index is 10.6. The molecule has 0 saturated heterocycles. The lowest BCUT2D eigenvalue weighted by Crippen LogP contribution is -2.29. The summed E-state index contributed by atoms with van der Waals surface area (Å²) in [5.41, 5.74) is 0. The molecule has 1 rings (SSSR count). The normalized spacial score (nSPS) is 12.0. The summed E-state index contributed by atoms with van der Waals surface area (Å²) < 4.78 is 4.65. The standard InChI is InChI=1S/C7H13NO.C7H14O.C5H11NO2.2C2H6/c9-6-8-7-4-2-1-3-5-7;1-3-5-6-7(8)4-2;1-6-5(7)3-4-8-2;2*1-2/h6-7H,1-5H2,(H,8,9);3-6H2,1-2H3;3-4H2,1-2H3,(H,6,7);2*1-2H3. The lowest BCUT2D eigenvalue weighted by atomic mass is 9.96. The molecule has 6 nitrogen and oxygen atoms in total. The van der Waals surface area contributed by atoms with E-state index < -0.39 is 0 Å². The Morgan fingerprint density at radius 3 is 1.93 bits per heavy atom. The number of carbonyl (C=O) groups excluding carboxylic acids is 3. The second kappa shape index (κ2) is 34.1. The lowest BCUT2D eigenvalue weighted by molar-refractivity contribution is -0.121. The quantitative estimate of drug-likeness (QED) is 0.514. The van der Waals surface area contributed by atoms with Crippen molar-refractivity contribution in [2.45, 2.75) is 112 Å². The van der Waals surface area contributed by atoms with Crippen molar-refractivity contribution in [1.29, 1.82) is 0 Å². The first kappa shape index (κ1) is 35.0. The van der Waals surface area contributed by atoms with Crippen LogP contribution in [0.25, 0.3) is 0 Å². The zero-order valence-corrected chi connectivity index (χ0v) is 20.6. The van der Waals surface area contributed by atoms with Gasteiger partial charge in [-0.3, -0.25) is 14.4 Å². The van der Waals surface area contributed by atoms with E-state index in [1.54, 1.807) is 14.2 Å². The van der Waals surface area contributed by atoms with Gasteiger partial charge >= 0.3 is 0 Å². The highest BCUT2D eigenvalue weighted by molar-refractivity contribution is 5.77. The fourth-order valence-corrected chi connectivity index (χ4v) is 2.24. The smallest absolute Gasteiger partial charge is 0.222 e. The minimum absolute atomic E-state index is 0.0202. The van der Waals surface area contributed by atoms with Crippen LogP contribution in [0.2, 0.25) is 0 Å². The fraction of sp³-hybridized carbons (Fsp3) is 0.870. The summed E-state index contributed by atoms with van der Waals surface area (Å²) in [6.45, 7) is 12.5. The highest BCUT2D eigenvalue weighted by Gasteiger charge is 2.10. The van der Waals surface area contributed by atoms with Gasteiger partial charge in [0.2, 0.25) is 12.3 Å². The predicted molar refractivity (Wildman–Crippen MR) is 124 cm³/mol. The van der Waals surface area contributed by atoms with Crippen molar-refractivity contribution in [3.8, 4) is 0 Å². The van der Waals surface area contributed by atoms with Crippen LogP contribution in [0.1, 0.15) is 106 Å². The van der Waals surface area contributed by atoms with Gasteiger partial charge in [0.25, 0.3) is 0 Å². The van der Waals surface area contributed by atoms with Crippen molar-refractivity contribution in [2.75, 3.05) is 20.8 Å². The average molecular weight is 419 g/mol. The molecule has 0 heterocycles. The number of nitrogens with one attached hydrogen (secondary N) is 2. The summed E-state index contributed by atoms with van der Waals surface area (Å²) in [6.07, 6.45) is 11.2. The summed E-state index contributed by atoms with van der Waals surface area (Å²) in [5, 5.41) is 5.28. The van der Waals surface area contributed by atoms with Crippen LogP contribution in [0.4, 0.5) is 0 Å². The first-order chi connectivity index (χ1) is 14.0. The molecule has 0 aliphatic heterocycles. The number of ether oxygens (including phenoxy) is 1. The van der Waals surface area contributed by atoms with Crippen molar-refractivity contribution < 1.29 is 19.1 Å². The largest absolute Gasteiger partial charge is 0.384 e. The molecule has 0 unspecified atom stereocenters. The Hall–Kier alpha value is -1.43. The van der Waals surface area contributed by atoms with Crippen molar-refractivity contribution in [2.24, 2.45) is 0 Å². The molecule has 1 aliphatic rings. The van der Waals surface area contributed by atoms with Crippen LogP contribution in [0.5, 0.6) is 0 Å². The van der Waals surface area contributed by atoms with Gasteiger partial charge in [-0.15, -0.1) is 0 Å². The third kappa shape index (κ3) is 34.5. The van der Waals surface area contributed by atoms with E-state index in [1.165, 1.54) is 32.1 Å². The van der Waals surface area contributed by atoms with Gasteiger partial charge in [-0.25, -0.2) is 0 Å². The molecule has 29 heavy (non-hydrogen) atoms. The molecule has 0 aromatic carbocycles. The van der Waals surface area contributed by atoms with Crippen LogP contribution in [0, 0.1) is 0 Å². The molecule has 176 valence electrons. The molecule has 0 atom stereocenters. The number of carbonyl (C=O) groups is 3.